The van der Waals surface area contributed by atoms with Gasteiger partial charge in [0.15, 0.2) is 0 Å². The summed E-state index contributed by atoms with van der Waals surface area (Å²) < 4.78 is 0. The minimum absolute atomic E-state index is 0. The molecule has 0 spiro atoms. The van der Waals surface area contributed by atoms with Crippen molar-refractivity contribution in [2.45, 2.75) is 39.5 Å². The summed E-state index contributed by atoms with van der Waals surface area (Å²) >= 11 is 0. The molecule has 0 bridgehead atoms. The Morgan fingerprint density at radius 1 is 1.13 bits per heavy atom. The molecule has 5 nitrogen and oxygen atoms in total. The number of hydrogen-bond donors (Lipinski definition) is 1. The number of amides is 2. The fraction of sp³-hybridized carbons (Fsp3) is 0.882. The van der Waals surface area contributed by atoms with Crippen LogP contribution in [0.4, 0.5) is 0 Å². The Morgan fingerprint density at radius 3 is 2.35 bits per heavy atom. The van der Waals surface area contributed by atoms with Crippen molar-refractivity contribution in [3.8, 4) is 0 Å². The van der Waals surface area contributed by atoms with Gasteiger partial charge in [-0.05, 0) is 38.6 Å². The van der Waals surface area contributed by atoms with Gasteiger partial charge < -0.3 is 15.1 Å². The lowest BCUT2D eigenvalue weighted by atomic mass is 9.92. The van der Waals surface area contributed by atoms with Crippen LogP contribution in [0.15, 0.2) is 0 Å². The molecule has 2 atom stereocenters. The molecule has 2 saturated heterocycles. The van der Waals surface area contributed by atoms with Gasteiger partial charge in [0.25, 0.3) is 0 Å². The van der Waals surface area contributed by atoms with Crippen LogP contribution in [0.2, 0.25) is 0 Å². The Hall–Kier alpha value is -0.810. The molecule has 1 N–H and O–H groups in total. The zero-order valence-electron chi connectivity index (χ0n) is 14.7. The van der Waals surface area contributed by atoms with Crippen LogP contribution in [0.25, 0.3) is 0 Å². The van der Waals surface area contributed by atoms with E-state index in [0.29, 0.717) is 18.4 Å². The number of carbonyl (C=O) groups is 2. The minimum atomic E-state index is 0. The van der Waals surface area contributed by atoms with Gasteiger partial charge in [0.1, 0.15) is 0 Å². The normalized spacial score (nSPS) is 24.0. The van der Waals surface area contributed by atoms with Crippen molar-refractivity contribution in [3.63, 3.8) is 0 Å². The summed E-state index contributed by atoms with van der Waals surface area (Å²) in [6.07, 6.45) is 4.01. The highest BCUT2D eigenvalue weighted by molar-refractivity contribution is 5.85. The van der Waals surface area contributed by atoms with E-state index in [1.165, 1.54) is 6.42 Å². The van der Waals surface area contributed by atoms with Crippen LogP contribution < -0.4 is 5.32 Å². The first-order valence-corrected chi connectivity index (χ1v) is 8.75. The molecule has 23 heavy (non-hydrogen) atoms. The zero-order chi connectivity index (χ0) is 16.1. The van der Waals surface area contributed by atoms with Crippen molar-refractivity contribution in [2.24, 2.45) is 17.8 Å². The van der Waals surface area contributed by atoms with Gasteiger partial charge in [-0.25, -0.2) is 0 Å². The lowest BCUT2D eigenvalue weighted by Crippen LogP contribution is -2.48. The van der Waals surface area contributed by atoms with Gasteiger partial charge in [0.05, 0.1) is 0 Å². The topological polar surface area (TPSA) is 52.7 Å². The van der Waals surface area contributed by atoms with Crippen LogP contribution in [0.5, 0.6) is 0 Å². The van der Waals surface area contributed by atoms with E-state index < -0.39 is 0 Å². The Balaban J connectivity index is 0.00000264. The number of rotatable bonds is 4. The molecule has 0 radical (unpaired) electrons. The zero-order valence-corrected chi connectivity index (χ0v) is 15.5. The van der Waals surface area contributed by atoms with Crippen molar-refractivity contribution < 1.29 is 9.59 Å². The molecule has 2 aliphatic rings. The standard InChI is InChI=1S/C17H31N3O2.ClH/c1-13-5-4-8-20(12-13)17(22)15-6-9-19(10-7-15)16(21)14(2)11-18-3;/h13-15,18H,4-12H2,1-3H3;1H. The molecule has 2 fully saturated rings. The molecule has 2 heterocycles. The minimum Gasteiger partial charge on any atom is -0.342 e. The van der Waals surface area contributed by atoms with Crippen LogP contribution in [0.3, 0.4) is 0 Å². The van der Waals surface area contributed by atoms with E-state index in [2.05, 4.69) is 17.1 Å². The van der Waals surface area contributed by atoms with E-state index in [9.17, 15) is 9.59 Å². The number of nitrogens with zero attached hydrogens (tertiary/aromatic N) is 2. The van der Waals surface area contributed by atoms with Gasteiger partial charge in [-0.1, -0.05) is 13.8 Å². The van der Waals surface area contributed by atoms with E-state index in [-0.39, 0.29) is 30.2 Å². The quantitative estimate of drug-likeness (QED) is 0.844. The number of hydrogen-bond acceptors (Lipinski definition) is 3. The van der Waals surface area contributed by atoms with Crippen LogP contribution in [-0.2, 0) is 9.59 Å². The lowest BCUT2D eigenvalue weighted by molar-refractivity contribution is -0.143. The van der Waals surface area contributed by atoms with E-state index in [4.69, 9.17) is 0 Å². The van der Waals surface area contributed by atoms with Crippen molar-refractivity contribution in [2.75, 3.05) is 39.8 Å². The van der Waals surface area contributed by atoms with E-state index in [1.54, 1.807) is 0 Å². The molecule has 0 aromatic heterocycles. The van der Waals surface area contributed by atoms with Crippen molar-refractivity contribution in [1.29, 1.82) is 0 Å². The average molecular weight is 346 g/mol. The Kier molecular flexibility index (Phi) is 8.34. The Morgan fingerprint density at radius 2 is 1.78 bits per heavy atom. The number of likely N-dealkylation sites (tertiary alicyclic amines) is 2. The first kappa shape index (κ1) is 20.2. The van der Waals surface area contributed by atoms with E-state index >= 15 is 0 Å². The third kappa shape index (κ3) is 5.35. The van der Waals surface area contributed by atoms with Gasteiger partial charge in [-0.3, -0.25) is 9.59 Å². The van der Waals surface area contributed by atoms with Crippen LogP contribution >= 0.6 is 12.4 Å². The summed E-state index contributed by atoms with van der Waals surface area (Å²) in [4.78, 5) is 28.9. The summed E-state index contributed by atoms with van der Waals surface area (Å²) in [5.74, 6) is 1.30. The smallest absolute Gasteiger partial charge is 0.226 e. The fourth-order valence-corrected chi connectivity index (χ4v) is 3.70. The summed E-state index contributed by atoms with van der Waals surface area (Å²) in [5.41, 5.74) is 0. The van der Waals surface area contributed by atoms with Crippen LogP contribution in [0, 0.1) is 17.8 Å². The van der Waals surface area contributed by atoms with E-state index in [0.717, 1.165) is 45.4 Å². The van der Waals surface area contributed by atoms with Gasteiger partial charge in [0.2, 0.25) is 11.8 Å². The van der Waals surface area contributed by atoms with Crippen molar-refractivity contribution in [3.05, 3.63) is 0 Å². The van der Waals surface area contributed by atoms with Gasteiger partial charge >= 0.3 is 0 Å². The third-order valence-electron chi connectivity index (χ3n) is 5.06. The van der Waals surface area contributed by atoms with E-state index in [1.807, 2.05) is 18.9 Å². The molecule has 0 aromatic carbocycles. The molecule has 2 unspecified atom stereocenters. The maximum Gasteiger partial charge on any atom is 0.226 e. The second-order valence-corrected chi connectivity index (χ2v) is 7.09. The molecule has 134 valence electrons. The largest absolute Gasteiger partial charge is 0.342 e. The highest BCUT2D eigenvalue weighted by atomic mass is 35.5. The SMILES string of the molecule is CNCC(C)C(=O)N1CCC(C(=O)N2CCCC(C)C2)CC1.Cl. The molecule has 0 aliphatic carbocycles. The summed E-state index contributed by atoms with van der Waals surface area (Å²) in [6, 6.07) is 0. The van der Waals surface area contributed by atoms with Crippen molar-refractivity contribution >= 4 is 24.2 Å². The fourth-order valence-electron chi connectivity index (χ4n) is 3.70. The Bertz CT molecular complexity index is 397. The Labute approximate surface area is 146 Å². The van der Waals surface area contributed by atoms with Crippen LogP contribution in [0.1, 0.15) is 39.5 Å². The molecular weight excluding hydrogens is 314 g/mol. The lowest BCUT2D eigenvalue weighted by Gasteiger charge is -2.37. The summed E-state index contributed by atoms with van der Waals surface area (Å²) in [6.45, 7) is 8.19. The molecule has 6 heteroatoms. The maximum atomic E-state index is 12.6. The summed E-state index contributed by atoms with van der Waals surface area (Å²) in [7, 11) is 1.87. The second kappa shape index (κ2) is 9.48. The second-order valence-electron chi connectivity index (χ2n) is 7.09. The molecule has 0 aromatic rings. The number of nitrogens with one attached hydrogen (secondary N) is 1. The molecule has 2 rings (SSSR count). The van der Waals surface area contributed by atoms with Crippen LogP contribution in [-0.4, -0.2) is 61.4 Å². The predicted octanol–water partition coefficient (Wildman–Crippen LogP) is 1.76. The number of halogens is 1. The van der Waals surface area contributed by atoms with Gasteiger partial charge in [-0.15, -0.1) is 12.4 Å². The monoisotopic (exact) mass is 345 g/mol. The molecule has 2 aliphatic heterocycles. The first-order chi connectivity index (χ1) is 10.5. The van der Waals surface area contributed by atoms with Gasteiger partial charge in [-0.2, -0.15) is 0 Å². The molecule has 0 saturated carbocycles. The number of carbonyl (C=O) groups excluding carboxylic acids is 2. The first-order valence-electron chi connectivity index (χ1n) is 8.75. The average Bonchev–Trinajstić information content (AvgIpc) is 2.54. The highest BCUT2D eigenvalue weighted by Gasteiger charge is 2.32. The highest BCUT2D eigenvalue weighted by Crippen LogP contribution is 2.24. The predicted molar refractivity (Wildman–Crippen MR) is 94.6 cm³/mol. The number of piperidine rings is 2. The summed E-state index contributed by atoms with van der Waals surface area (Å²) in [5, 5.41) is 3.05. The van der Waals surface area contributed by atoms with Crippen molar-refractivity contribution in [1.82, 2.24) is 15.1 Å². The molecular formula is C17H32ClN3O2. The van der Waals surface area contributed by atoms with Gasteiger partial charge in [0, 0.05) is 44.6 Å². The third-order valence-corrected chi connectivity index (χ3v) is 5.06. The maximum absolute atomic E-state index is 12.6. The molecule has 2 amide bonds.